The number of amides is 1. The first kappa shape index (κ1) is 12.1. The van der Waals surface area contributed by atoms with Crippen LogP contribution in [0.5, 0.6) is 0 Å². The quantitative estimate of drug-likeness (QED) is 0.727. The third kappa shape index (κ3) is 2.26. The number of rotatable bonds is 4. The van der Waals surface area contributed by atoms with E-state index in [-0.39, 0.29) is 18.5 Å². The molecule has 1 amide bonds. The fourth-order valence-electron chi connectivity index (χ4n) is 2.29. The topological polar surface area (TPSA) is 77.1 Å². The molecule has 2 heterocycles. The number of carbonyl (C=O) groups is 1. The van der Waals surface area contributed by atoms with E-state index in [0.29, 0.717) is 11.6 Å². The fourth-order valence-corrected chi connectivity index (χ4v) is 2.29. The summed E-state index contributed by atoms with van der Waals surface area (Å²) < 4.78 is 7.22. The molecule has 0 atom stereocenters. The Bertz CT molecular complexity index is 743. The minimum absolute atomic E-state index is 0.0884. The molecule has 1 aliphatic carbocycles. The van der Waals surface area contributed by atoms with Crippen molar-refractivity contribution < 1.29 is 9.21 Å². The zero-order chi connectivity index (χ0) is 14.2. The molecule has 1 saturated carbocycles. The van der Waals surface area contributed by atoms with Gasteiger partial charge in [0.1, 0.15) is 24.7 Å². The van der Waals surface area contributed by atoms with Crippen LogP contribution >= 0.6 is 0 Å². The molecule has 3 aromatic rings. The molecule has 1 aromatic carbocycles. The Morgan fingerprint density at radius 1 is 1.38 bits per heavy atom. The summed E-state index contributed by atoms with van der Waals surface area (Å²) in [6.07, 6.45) is 4.88. The maximum atomic E-state index is 12.5. The third-order valence-corrected chi connectivity index (χ3v) is 3.43. The van der Waals surface area contributed by atoms with Gasteiger partial charge in [0.2, 0.25) is 0 Å². The number of carbonyl (C=O) groups excluding carboxylic acids is 1. The van der Waals surface area contributed by atoms with Gasteiger partial charge < -0.3 is 4.42 Å². The molecule has 7 heteroatoms. The average molecular weight is 283 g/mol. The molecule has 0 radical (unpaired) electrons. The maximum absolute atomic E-state index is 12.5. The number of anilines is 1. The first-order chi connectivity index (χ1) is 10.3. The SMILES string of the molecule is O=C(Cn1cncn1)N(c1nc2ccccc2o1)C1CC1. The summed E-state index contributed by atoms with van der Waals surface area (Å²) in [5.74, 6) is -0.0884. The van der Waals surface area contributed by atoms with Gasteiger partial charge in [0.15, 0.2) is 5.58 Å². The summed E-state index contributed by atoms with van der Waals surface area (Å²) in [5, 5.41) is 3.96. The van der Waals surface area contributed by atoms with Crippen LogP contribution in [-0.4, -0.2) is 31.7 Å². The molecule has 1 fully saturated rings. The van der Waals surface area contributed by atoms with Crippen LogP contribution in [0.15, 0.2) is 41.3 Å². The van der Waals surface area contributed by atoms with E-state index in [1.54, 1.807) is 4.90 Å². The van der Waals surface area contributed by atoms with Gasteiger partial charge in [-0.2, -0.15) is 10.1 Å². The highest BCUT2D eigenvalue weighted by Gasteiger charge is 2.36. The van der Waals surface area contributed by atoms with E-state index in [2.05, 4.69) is 15.1 Å². The van der Waals surface area contributed by atoms with Crippen LogP contribution in [-0.2, 0) is 11.3 Å². The average Bonchev–Trinajstić information content (AvgIpc) is 3.01. The summed E-state index contributed by atoms with van der Waals surface area (Å²) in [6.45, 7) is 0.134. The van der Waals surface area contributed by atoms with Gasteiger partial charge in [-0.05, 0) is 25.0 Å². The predicted molar refractivity (Wildman–Crippen MR) is 74.5 cm³/mol. The summed E-state index contributed by atoms with van der Waals surface area (Å²) >= 11 is 0. The Morgan fingerprint density at radius 2 is 2.24 bits per heavy atom. The molecular weight excluding hydrogens is 270 g/mol. The van der Waals surface area contributed by atoms with Gasteiger partial charge in [-0.3, -0.25) is 9.69 Å². The van der Waals surface area contributed by atoms with Crippen molar-refractivity contribution in [2.45, 2.75) is 25.4 Å². The van der Waals surface area contributed by atoms with Crippen LogP contribution in [0.1, 0.15) is 12.8 Å². The van der Waals surface area contributed by atoms with Gasteiger partial charge in [-0.1, -0.05) is 12.1 Å². The number of para-hydroxylation sites is 2. The van der Waals surface area contributed by atoms with Gasteiger partial charge in [-0.25, -0.2) is 9.67 Å². The van der Waals surface area contributed by atoms with E-state index in [9.17, 15) is 4.79 Å². The van der Waals surface area contributed by atoms with Gasteiger partial charge in [-0.15, -0.1) is 0 Å². The highest BCUT2D eigenvalue weighted by atomic mass is 16.4. The molecule has 7 nitrogen and oxygen atoms in total. The second-order valence-corrected chi connectivity index (χ2v) is 5.05. The molecule has 106 valence electrons. The Kier molecular flexibility index (Phi) is 2.70. The highest BCUT2D eigenvalue weighted by molar-refractivity contribution is 5.93. The largest absolute Gasteiger partial charge is 0.423 e. The van der Waals surface area contributed by atoms with Crippen molar-refractivity contribution in [3.8, 4) is 0 Å². The second-order valence-electron chi connectivity index (χ2n) is 5.05. The smallest absolute Gasteiger partial charge is 0.305 e. The van der Waals surface area contributed by atoms with Gasteiger partial charge in [0, 0.05) is 6.04 Å². The first-order valence-electron chi connectivity index (χ1n) is 6.81. The van der Waals surface area contributed by atoms with E-state index in [1.807, 2.05) is 24.3 Å². The molecule has 0 unspecified atom stereocenters. The number of nitrogens with zero attached hydrogens (tertiary/aromatic N) is 5. The zero-order valence-corrected chi connectivity index (χ0v) is 11.2. The summed E-state index contributed by atoms with van der Waals surface area (Å²) in [4.78, 5) is 22.4. The molecular formula is C14H13N5O2. The minimum atomic E-state index is -0.0884. The second kappa shape index (κ2) is 4.69. The van der Waals surface area contributed by atoms with E-state index in [0.717, 1.165) is 18.4 Å². The van der Waals surface area contributed by atoms with Crippen LogP contribution < -0.4 is 4.90 Å². The number of hydrogen-bond acceptors (Lipinski definition) is 5. The van der Waals surface area contributed by atoms with Gasteiger partial charge in [0.25, 0.3) is 5.91 Å². The van der Waals surface area contributed by atoms with Crippen molar-refractivity contribution in [1.82, 2.24) is 19.7 Å². The van der Waals surface area contributed by atoms with Crippen LogP contribution in [0, 0.1) is 0 Å². The molecule has 2 aromatic heterocycles. The Labute approximate surface area is 120 Å². The van der Waals surface area contributed by atoms with Crippen molar-refractivity contribution in [2.24, 2.45) is 0 Å². The van der Waals surface area contributed by atoms with Crippen molar-refractivity contribution in [3.05, 3.63) is 36.9 Å². The van der Waals surface area contributed by atoms with Gasteiger partial charge >= 0.3 is 6.01 Å². The fraction of sp³-hybridized carbons (Fsp3) is 0.286. The molecule has 0 N–H and O–H groups in total. The number of benzene rings is 1. The molecule has 0 saturated heterocycles. The van der Waals surface area contributed by atoms with E-state index < -0.39 is 0 Å². The monoisotopic (exact) mass is 283 g/mol. The van der Waals surface area contributed by atoms with Gasteiger partial charge in [0.05, 0.1) is 0 Å². The summed E-state index contributed by atoms with van der Waals surface area (Å²) in [7, 11) is 0. The Hall–Kier alpha value is -2.70. The normalized spacial score (nSPS) is 14.5. The highest BCUT2D eigenvalue weighted by Crippen LogP contribution is 2.33. The zero-order valence-electron chi connectivity index (χ0n) is 11.2. The van der Waals surface area contributed by atoms with Crippen LogP contribution in [0.4, 0.5) is 6.01 Å². The number of oxazole rings is 1. The van der Waals surface area contributed by atoms with Crippen molar-refractivity contribution in [3.63, 3.8) is 0 Å². The van der Waals surface area contributed by atoms with Crippen molar-refractivity contribution in [2.75, 3.05) is 4.90 Å². The number of aromatic nitrogens is 4. The Balaban J connectivity index is 1.66. The molecule has 0 bridgehead atoms. The molecule has 21 heavy (non-hydrogen) atoms. The minimum Gasteiger partial charge on any atom is -0.423 e. The van der Waals surface area contributed by atoms with Crippen molar-refractivity contribution >= 4 is 23.0 Å². The van der Waals surface area contributed by atoms with E-state index >= 15 is 0 Å². The lowest BCUT2D eigenvalue weighted by molar-refractivity contribution is -0.119. The van der Waals surface area contributed by atoms with Crippen molar-refractivity contribution in [1.29, 1.82) is 0 Å². The number of fused-ring (bicyclic) bond motifs is 1. The molecule has 4 rings (SSSR count). The molecule has 1 aliphatic rings. The van der Waals surface area contributed by atoms with Crippen LogP contribution in [0.3, 0.4) is 0 Å². The summed E-state index contributed by atoms with van der Waals surface area (Å²) in [6, 6.07) is 8.04. The lowest BCUT2D eigenvalue weighted by atomic mass is 10.3. The van der Waals surface area contributed by atoms with Crippen LogP contribution in [0.25, 0.3) is 11.1 Å². The standard InChI is InChI=1S/C14H13N5O2/c20-13(7-18-9-15-8-16-18)19(10-5-6-10)14-17-11-3-1-2-4-12(11)21-14/h1-4,8-10H,5-7H2. The molecule has 0 aliphatic heterocycles. The van der Waals surface area contributed by atoms with E-state index in [1.165, 1.54) is 17.3 Å². The lowest BCUT2D eigenvalue weighted by Crippen LogP contribution is -2.36. The first-order valence-corrected chi connectivity index (χ1v) is 6.81. The third-order valence-electron chi connectivity index (χ3n) is 3.43. The lowest BCUT2D eigenvalue weighted by Gasteiger charge is -2.17. The van der Waals surface area contributed by atoms with E-state index in [4.69, 9.17) is 4.42 Å². The Morgan fingerprint density at radius 3 is 2.95 bits per heavy atom. The number of hydrogen-bond donors (Lipinski definition) is 0. The molecule has 0 spiro atoms. The maximum Gasteiger partial charge on any atom is 0.305 e. The summed E-state index contributed by atoms with van der Waals surface area (Å²) in [5.41, 5.74) is 1.44. The predicted octanol–water partition coefficient (Wildman–Crippen LogP) is 1.61. The van der Waals surface area contributed by atoms with Crippen LogP contribution in [0.2, 0.25) is 0 Å².